The molecule has 2 heterocycles. The fourth-order valence-electron chi connectivity index (χ4n) is 5.82. The van der Waals surface area contributed by atoms with Gasteiger partial charge in [0, 0.05) is 24.7 Å². The molecule has 0 bridgehead atoms. The van der Waals surface area contributed by atoms with Crippen LogP contribution in [0.4, 0.5) is 0 Å². The van der Waals surface area contributed by atoms with Gasteiger partial charge in [0.1, 0.15) is 0 Å². The maximum atomic E-state index is 13.4. The Morgan fingerprint density at radius 3 is 2.58 bits per heavy atom. The molecule has 2 aromatic rings. The number of carbonyl (C=O) groups excluding carboxylic acids is 1. The van der Waals surface area contributed by atoms with Crippen molar-refractivity contribution in [3.63, 3.8) is 0 Å². The van der Waals surface area contributed by atoms with Crippen molar-refractivity contribution in [1.29, 1.82) is 0 Å². The summed E-state index contributed by atoms with van der Waals surface area (Å²) in [4.78, 5) is 32.8. The van der Waals surface area contributed by atoms with Gasteiger partial charge in [-0.3, -0.25) is 9.69 Å². The lowest BCUT2D eigenvalue weighted by Gasteiger charge is -2.48. The van der Waals surface area contributed by atoms with Gasteiger partial charge >= 0.3 is 5.97 Å². The van der Waals surface area contributed by atoms with Crippen LogP contribution in [0.15, 0.2) is 40.7 Å². The monoisotopic (exact) mass is 451 g/mol. The van der Waals surface area contributed by atoms with Gasteiger partial charge in [-0.15, -0.1) is 0 Å². The molecule has 1 aliphatic heterocycles. The highest BCUT2D eigenvalue weighted by molar-refractivity contribution is 5.89. The molecule has 6 nitrogen and oxygen atoms in total. The normalized spacial score (nSPS) is 24.6. The van der Waals surface area contributed by atoms with Gasteiger partial charge in [0.25, 0.3) is 5.56 Å². The highest BCUT2D eigenvalue weighted by Gasteiger charge is 2.38. The smallest absolute Gasteiger partial charge is 0.362 e. The van der Waals surface area contributed by atoms with E-state index in [1.807, 2.05) is 24.3 Å². The van der Waals surface area contributed by atoms with E-state index >= 15 is 0 Å². The van der Waals surface area contributed by atoms with Gasteiger partial charge in [-0.2, -0.15) is 0 Å². The number of nitrogens with zero attached hydrogens (tertiary/aromatic N) is 3. The SMILES string of the molecule is CCOC(=O)c1nc2ccccc2n(C2CCN(C3(C)C=C(CC)CC(CC)C3)CC2)c1=O. The Morgan fingerprint density at radius 2 is 1.91 bits per heavy atom. The number of esters is 1. The molecule has 0 amide bonds. The lowest BCUT2D eigenvalue weighted by atomic mass is 9.75. The van der Waals surface area contributed by atoms with Crippen LogP contribution in [0, 0.1) is 5.92 Å². The summed E-state index contributed by atoms with van der Waals surface area (Å²) >= 11 is 0. The number of likely N-dealkylation sites (tertiary alicyclic amines) is 1. The molecule has 1 saturated heterocycles. The van der Waals surface area contributed by atoms with E-state index in [0.717, 1.165) is 43.8 Å². The number of hydrogen-bond donors (Lipinski definition) is 0. The standard InChI is InChI=1S/C27H37N3O3/c1-5-19-16-20(6-2)18-27(4,17-19)29-14-12-21(13-15-29)30-23-11-9-8-10-22(23)28-24(25(30)31)26(32)33-7-3/h8-11,17,20-21H,5-7,12-16,18H2,1-4H3. The first-order valence-electron chi connectivity index (χ1n) is 12.5. The topological polar surface area (TPSA) is 64.4 Å². The third kappa shape index (κ3) is 4.63. The van der Waals surface area contributed by atoms with E-state index in [-0.39, 0.29) is 29.4 Å². The summed E-state index contributed by atoms with van der Waals surface area (Å²) in [7, 11) is 0. The van der Waals surface area contributed by atoms with Crippen LogP contribution in [-0.4, -0.2) is 45.7 Å². The average molecular weight is 452 g/mol. The Morgan fingerprint density at radius 1 is 1.18 bits per heavy atom. The van der Waals surface area contributed by atoms with Crippen molar-refractivity contribution in [2.75, 3.05) is 19.7 Å². The molecule has 2 aliphatic rings. The van der Waals surface area contributed by atoms with Crippen molar-refractivity contribution in [3.05, 3.63) is 52.0 Å². The summed E-state index contributed by atoms with van der Waals surface area (Å²) < 4.78 is 6.92. The second kappa shape index (κ2) is 9.80. The van der Waals surface area contributed by atoms with E-state index in [2.05, 4.69) is 36.7 Å². The molecule has 1 aliphatic carbocycles. The molecule has 0 spiro atoms. The van der Waals surface area contributed by atoms with Crippen LogP contribution in [-0.2, 0) is 4.74 Å². The highest BCUT2D eigenvalue weighted by atomic mass is 16.5. The number of fused-ring (bicyclic) bond motifs is 1. The molecular weight excluding hydrogens is 414 g/mol. The molecule has 178 valence electrons. The number of ether oxygens (including phenoxy) is 1. The second-order valence-electron chi connectivity index (χ2n) is 9.76. The van der Waals surface area contributed by atoms with E-state index < -0.39 is 5.97 Å². The van der Waals surface area contributed by atoms with E-state index in [4.69, 9.17) is 4.74 Å². The summed E-state index contributed by atoms with van der Waals surface area (Å²) in [5, 5.41) is 0. The Labute approximate surface area is 196 Å². The first-order chi connectivity index (χ1) is 15.9. The van der Waals surface area contributed by atoms with Crippen LogP contribution >= 0.6 is 0 Å². The Bertz CT molecular complexity index is 1100. The average Bonchev–Trinajstić information content (AvgIpc) is 2.83. The van der Waals surface area contributed by atoms with Crippen LogP contribution in [0.5, 0.6) is 0 Å². The Hall–Kier alpha value is -2.47. The number of para-hydroxylation sites is 2. The van der Waals surface area contributed by atoms with Gasteiger partial charge in [-0.05, 0) is 64.0 Å². The summed E-state index contributed by atoms with van der Waals surface area (Å²) in [6, 6.07) is 7.63. The maximum Gasteiger partial charge on any atom is 0.362 e. The number of hydrogen-bond acceptors (Lipinski definition) is 5. The van der Waals surface area contributed by atoms with Crippen molar-refractivity contribution in [1.82, 2.24) is 14.5 Å². The van der Waals surface area contributed by atoms with Crippen LogP contribution in [0.3, 0.4) is 0 Å². The van der Waals surface area contributed by atoms with Crippen molar-refractivity contribution in [2.45, 2.75) is 77.8 Å². The first-order valence-corrected chi connectivity index (χ1v) is 12.5. The Balaban J connectivity index is 1.63. The molecular formula is C27H37N3O3. The lowest BCUT2D eigenvalue weighted by Crippen LogP contribution is -2.52. The van der Waals surface area contributed by atoms with Crippen LogP contribution in [0.1, 0.15) is 82.8 Å². The van der Waals surface area contributed by atoms with Crippen LogP contribution in [0.25, 0.3) is 11.0 Å². The fraction of sp³-hybridized carbons (Fsp3) is 0.593. The van der Waals surface area contributed by atoms with Crippen LogP contribution in [0.2, 0.25) is 0 Å². The van der Waals surface area contributed by atoms with Crippen molar-refractivity contribution < 1.29 is 9.53 Å². The minimum Gasteiger partial charge on any atom is -0.461 e. The fourth-order valence-corrected chi connectivity index (χ4v) is 5.82. The molecule has 0 radical (unpaired) electrons. The minimum absolute atomic E-state index is 0.0404. The number of piperidine rings is 1. The zero-order valence-electron chi connectivity index (χ0n) is 20.5. The van der Waals surface area contributed by atoms with E-state index in [1.165, 1.54) is 19.3 Å². The summed E-state index contributed by atoms with van der Waals surface area (Å²) in [5.74, 6) is 0.101. The quantitative estimate of drug-likeness (QED) is 0.450. The van der Waals surface area contributed by atoms with E-state index in [0.29, 0.717) is 5.52 Å². The lowest BCUT2D eigenvalue weighted by molar-refractivity contribution is 0.0515. The summed E-state index contributed by atoms with van der Waals surface area (Å²) in [5.41, 5.74) is 2.65. The van der Waals surface area contributed by atoms with E-state index in [1.54, 1.807) is 17.1 Å². The molecule has 33 heavy (non-hydrogen) atoms. The number of allylic oxidation sites excluding steroid dienone is 1. The zero-order chi connectivity index (χ0) is 23.6. The molecule has 6 heteroatoms. The largest absolute Gasteiger partial charge is 0.461 e. The third-order valence-corrected chi connectivity index (χ3v) is 7.62. The first kappa shape index (κ1) is 23.7. The summed E-state index contributed by atoms with van der Waals surface area (Å²) in [6.45, 7) is 10.8. The second-order valence-corrected chi connectivity index (χ2v) is 9.76. The van der Waals surface area contributed by atoms with Gasteiger partial charge < -0.3 is 9.30 Å². The number of rotatable bonds is 6. The molecule has 1 aromatic carbocycles. The van der Waals surface area contributed by atoms with Crippen molar-refractivity contribution >= 4 is 17.0 Å². The van der Waals surface area contributed by atoms with Crippen molar-refractivity contribution in [2.24, 2.45) is 5.92 Å². The number of carbonyl (C=O) groups is 1. The summed E-state index contributed by atoms with van der Waals surface area (Å²) in [6.07, 6.45) is 9.04. The van der Waals surface area contributed by atoms with Gasteiger partial charge in [0.2, 0.25) is 5.69 Å². The van der Waals surface area contributed by atoms with Crippen LogP contribution < -0.4 is 5.56 Å². The molecule has 0 N–H and O–H groups in total. The van der Waals surface area contributed by atoms with Gasteiger partial charge in [-0.25, -0.2) is 9.78 Å². The number of benzene rings is 1. The van der Waals surface area contributed by atoms with Gasteiger partial charge in [-0.1, -0.05) is 44.1 Å². The number of aromatic nitrogens is 2. The zero-order valence-corrected chi connectivity index (χ0v) is 20.5. The maximum absolute atomic E-state index is 13.4. The minimum atomic E-state index is -0.642. The van der Waals surface area contributed by atoms with Gasteiger partial charge in [0.05, 0.1) is 17.6 Å². The molecule has 2 unspecified atom stereocenters. The predicted molar refractivity (Wildman–Crippen MR) is 132 cm³/mol. The third-order valence-electron chi connectivity index (χ3n) is 7.62. The molecule has 2 atom stereocenters. The molecule has 1 aromatic heterocycles. The van der Waals surface area contributed by atoms with E-state index in [9.17, 15) is 9.59 Å². The Kier molecular flexibility index (Phi) is 7.03. The highest BCUT2D eigenvalue weighted by Crippen LogP contribution is 2.40. The van der Waals surface area contributed by atoms with Gasteiger partial charge in [0.15, 0.2) is 0 Å². The molecule has 1 fully saturated rings. The van der Waals surface area contributed by atoms with Crippen molar-refractivity contribution in [3.8, 4) is 0 Å². The molecule has 0 saturated carbocycles. The molecule has 4 rings (SSSR count). The predicted octanol–water partition coefficient (Wildman–Crippen LogP) is 5.13.